The van der Waals surface area contributed by atoms with E-state index in [0.717, 1.165) is 37.4 Å². The molecule has 0 spiro atoms. The zero-order valence-electron chi connectivity index (χ0n) is 15.7. The van der Waals surface area contributed by atoms with Gasteiger partial charge in [-0.2, -0.15) is 5.10 Å². The molecule has 1 saturated heterocycles. The molecule has 2 aliphatic heterocycles. The molecular weight excluding hydrogens is 352 g/mol. The lowest BCUT2D eigenvalue weighted by Gasteiger charge is -2.46. The lowest BCUT2D eigenvalue weighted by Crippen LogP contribution is -2.50. The molecule has 1 fully saturated rings. The summed E-state index contributed by atoms with van der Waals surface area (Å²) in [6, 6.07) is 15.8. The minimum Gasteiger partial charge on any atom is -0.394 e. The summed E-state index contributed by atoms with van der Waals surface area (Å²) in [5, 5.41) is 14.3. The fraction of sp³-hybridized carbons (Fsp3) is 0.364. The van der Waals surface area contributed by atoms with Gasteiger partial charge in [-0.1, -0.05) is 18.2 Å². The predicted octanol–water partition coefficient (Wildman–Crippen LogP) is 2.19. The average Bonchev–Trinajstić information content (AvgIpc) is 3.24. The Balaban J connectivity index is 1.41. The summed E-state index contributed by atoms with van der Waals surface area (Å²) in [5.41, 5.74) is 3.38. The van der Waals surface area contributed by atoms with E-state index in [1.807, 2.05) is 33.6 Å². The SMILES string of the molecule is O=c1cccc2n1[C@@H](CO)[C@H]1C[C@@H]2CN(Cc2cccc(-n3cccn3)c2)C1. The van der Waals surface area contributed by atoms with Crippen LogP contribution in [0.25, 0.3) is 5.69 Å². The third kappa shape index (κ3) is 2.99. The van der Waals surface area contributed by atoms with Crippen molar-refractivity contribution in [3.05, 3.63) is 82.5 Å². The number of piperidine rings is 1. The summed E-state index contributed by atoms with van der Waals surface area (Å²) in [6.45, 7) is 2.70. The first-order valence-electron chi connectivity index (χ1n) is 9.86. The van der Waals surface area contributed by atoms with Gasteiger partial charge in [0, 0.05) is 49.7 Å². The van der Waals surface area contributed by atoms with Gasteiger partial charge in [-0.05, 0) is 42.2 Å². The number of pyridine rings is 1. The summed E-state index contributed by atoms with van der Waals surface area (Å²) in [7, 11) is 0. The first-order valence-corrected chi connectivity index (χ1v) is 9.86. The highest BCUT2D eigenvalue weighted by Gasteiger charge is 2.40. The Morgan fingerprint density at radius 1 is 1.11 bits per heavy atom. The van der Waals surface area contributed by atoms with Gasteiger partial charge in [0.25, 0.3) is 5.56 Å². The van der Waals surface area contributed by atoms with Gasteiger partial charge in [0.15, 0.2) is 0 Å². The van der Waals surface area contributed by atoms with E-state index in [1.165, 1.54) is 5.56 Å². The van der Waals surface area contributed by atoms with E-state index in [9.17, 15) is 9.90 Å². The molecule has 2 aliphatic rings. The van der Waals surface area contributed by atoms with E-state index in [4.69, 9.17) is 0 Å². The van der Waals surface area contributed by atoms with Gasteiger partial charge in [0.05, 0.1) is 18.3 Å². The van der Waals surface area contributed by atoms with Crippen molar-refractivity contribution in [1.29, 1.82) is 0 Å². The summed E-state index contributed by atoms with van der Waals surface area (Å²) in [4.78, 5) is 14.9. The van der Waals surface area contributed by atoms with Crippen LogP contribution in [-0.4, -0.2) is 44.1 Å². The summed E-state index contributed by atoms with van der Waals surface area (Å²) >= 11 is 0. The monoisotopic (exact) mass is 376 g/mol. The number of hydrogen-bond acceptors (Lipinski definition) is 4. The molecule has 0 amide bonds. The van der Waals surface area contributed by atoms with E-state index >= 15 is 0 Å². The van der Waals surface area contributed by atoms with E-state index in [0.29, 0.717) is 11.8 Å². The maximum Gasteiger partial charge on any atom is 0.251 e. The second kappa shape index (κ2) is 7.04. The van der Waals surface area contributed by atoms with E-state index in [1.54, 1.807) is 12.3 Å². The molecule has 0 radical (unpaired) electrons. The van der Waals surface area contributed by atoms with Gasteiger partial charge in [0.1, 0.15) is 0 Å². The molecule has 0 unspecified atom stereocenters. The van der Waals surface area contributed by atoms with Crippen LogP contribution in [0.2, 0.25) is 0 Å². The minimum absolute atomic E-state index is 0.00613. The van der Waals surface area contributed by atoms with Crippen LogP contribution in [0.3, 0.4) is 0 Å². The zero-order valence-corrected chi connectivity index (χ0v) is 15.7. The molecule has 5 rings (SSSR count). The Labute approximate surface area is 163 Å². The molecule has 2 aromatic heterocycles. The van der Waals surface area contributed by atoms with Gasteiger partial charge in [-0.25, -0.2) is 4.68 Å². The van der Waals surface area contributed by atoms with Gasteiger partial charge < -0.3 is 9.67 Å². The second-order valence-corrected chi connectivity index (χ2v) is 7.92. The number of nitrogens with zero attached hydrogens (tertiary/aromatic N) is 4. The van der Waals surface area contributed by atoms with Crippen LogP contribution in [0.1, 0.15) is 29.6 Å². The van der Waals surface area contributed by atoms with Crippen molar-refractivity contribution in [2.45, 2.75) is 24.9 Å². The molecule has 6 heteroatoms. The third-order valence-electron chi connectivity index (χ3n) is 6.15. The molecule has 2 bridgehead atoms. The Morgan fingerprint density at radius 2 is 2.00 bits per heavy atom. The number of hydrogen-bond donors (Lipinski definition) is 1. The van der Waals surface area contributed by atoms with Crippen LogP contribution >= 0.6 is 0 Å². The van der Waals surface area contributed by atoms with Crippen molar-refractivity contribution in [3.63, 3.8) is 0 Å². The molecule has 0 aliphatic carbocycles. The predicted molar refractivity (Wildman–Crippen MR) is 107 cm³/mol. The number of aliphatic hydroxyl groups excluding tert-OH is 1. The molecule has 1 N–H and O–H groups in total. The van der Waals surface area contributed by atoms with Crippen molar-refractivity contribution in [2.24, 2.45) is 5.92 Å². The minimum atomic E-state index is -0.127. The largest absolute Gasteiger partial charge is 0.394 e. The fourth-order valence-electron chi connectivity index (χ4n) is 4.98. The molecule has 3 aromatic rings. The summed E-state index contributed by atoms with van der Waals surface area (Å²) in [6.07, 6.45) is 4.77. The average molecular weight is 376 g/mol. The van der Waals surface area contributed by atoms with Crippen LogP contribution < -0.4 is 5.56 Å². The highest BCUT2D eigenvalue weighted by Crippen LogP contribution is 2.41. The van der Waals surface area contributed by atoms with E-state index in [-0.39, 0.29) is 18.2 Å². The van der Waals surface area contributed by atoms with Crippen molar-refractivity contribution in [2.75, 3.05) is 19.7 Å². The lowest BCUT2D eigenvalue weighted by atomic mass is 9.78. The maximum atomic E-state index is 12.4. The Hall–Kier alpha value is -2.70. The van der Waals surface area contributed by atoms with Gasteiger partial charge in [-0.3, -0.25) is 9.69 Å². The van der Waals surface area contributed by atoms with Crippen molar-refractivity contribution in [1.82, 2.24) is 19.2 Å². The van der Waals surface area contributed by atoms with Crippen molar-refractivity contribution >= 4 is 0 Å². The molecule has 0 saturated carbocycles. The number of rotatable bonds is 4. The standard InChI is InChI=1S/C22H24N4O2/c27-15-21-18-11-17(20-6-2-7-22(28)26(20)21)13-24(14-18)12-16-4-1-5-19(10-16)25-9-3-8-23-25/h1-10,17-18,21,27H,11-15H2/t17-,18+,21+/m1/s1. The molecule has 3 atom stereocenters. The fourth-order valence-corrected chi connectivity index (χ4v) is 4.98. The van der Waals surface area contributed by atoms with Crippen LogP contribution in [0.15, 0.2) is 65.7 Å². The maximum absolute atomic E-state index is 12.4. The normalized spacial score (nSPS) is 24.1. The molecular formula is C22H24N4O2. The number of benzene rings is 1. The van der Waals surface area contributed by atoms with E-state index in [2.05, 4.69) is 34.3 Å². The first-order chi connectivity index (χ1) is 13.7. The van der Waals surface area contributed by atoms with Crippen molar-refractivity contribution in [3.8, 4) is 5.69 Å². The molecule has 144 valence electrons. The highest BCUT2D eigenvalue weighted by atomic mass is 16.3. The smallest absolute Gasteiger partial charge is 0.251 e. The molecule has 28 heavy (non-hydrogen) atoms. The Kier molecular flexibility index (Phi) is 4.37. The number of likely N-dealkylation sites (tertiary alicyclic amines) is 1. The highest BCUT2D eigenvalue weighted by molar-refractivity contribution is 5.35. The van der Waals surface area contributed by atoms with E-state index < -0.39 is 0 Å². The number of fused-ring (bicyclic) bond motifs is 4. The third-order valence-corrected chi connectivity index (χ3v) is 6.15. The van der Waals surface area contributed by atoms with Crippen LogP contribution in [0.4, 0.5) is 0 Å². The Bertz CT molecular complexity index is 1030. The van der Waals surface area contributed by atoms with Crippen LogP contribution in [-0.2, 0) is 6.54 Å². The van der Waals surface area contributed by atoms with Gasteiger partial charge in [0.2, 0.25) is 0 Å². The number of aliphatic hydroxyl groups is 1. The molecule has 6 nitrogen and oxygen atoms in total. The van der Waals surface area contributed by atoms with Gasteiger partial charge in [-0.15, -0.1) is 0 Å². The molecule has 1 aromatic carbocycles. The quantitative estimate of drug-likeness (QED) is 0.758. The van der Waals surface area contributed by atoms with Gasteiger partial charge >= 0.3 is 0 Å². The molecule has 4 heterocycles. The lowest BCUT2D eigenvalue weighted by molar-refractivity contribution is 0.0580. The topological polar surface area (TPSA) is 63.3 Å². The summed E-state index contributed by atoms with van der Waals surface area (Å²) in [5.74, 6) is 0.635. The first kappa shape index (κ1) is 17.4. The van der Waals surface area contributed by atoms with Crippen LogP contribution in [0, 0.1) is 5.92 Å². The number of aromatic nitrogens is 3. The Morgan fingerprint density at radius 3 is 2.82 bits per heavy atom. The summed E-state index contributed by atoms with van der Waals surface area (Å²) < 4.78 is 3.72. The van der Waals surface area contributed by atoms with Crippen LogP contribution in [0.5, 0.6) is 0 Å². The zero-order chi connectivity index (χ0) is 19.1. The second-order valence-electron chi connectivity index (χ2n) is 7.92. The van der Waals surface area contributed by atoms with Crippen molar-refractivity contribution < 1.29 is 5.11 Å².